The van der Waals surface area contributed by atoms with Gasteiger partial charge in [-0.05, 0) is 24.6 Å². The van der Waals surface area contributed by atoms with Crippen molar-refractivity contribution in [3.05, 3.63) is 29.5 Å². The Labute approximate surface area is 137 Å². The summed E-state index contributed by atoms with van der Waals surface area (Å²) in [6, 6.07) is 6.06. The van der Waals surface area contributed by atoms with Crippen LogP contribution in [0.4, 0.5) is 0 Å². The Kier molecular flexibility index (Phi) is 5.18. The molecule has 0 unspecified atom stereocenters. The average molecular weight is 315 g/mol. The maximum atomic E-state index is 5.85. The molecule has 1 aliphatic heterocycles. The molecule has 0 spiro atoms. The van der Waals surface area contributed by atoms with E-state index in [2.05, 4.69) is 28.5 Å². The van der Waals surface area contributed by atoms with Gasteiger partial charge in [-0.1, -0.05) is 19.8 Å². The van der Waals surface area contributed by atoms with Crippen LogP contribution in [0.15, 0.2) is 18.2 Å². The number of H-pyrrole nitrogens is 1. The third-order valence-corrected chi connectivity index (χ3v) is 4.25. The number of rotatable bonds is 7. The van der Waals surface area contributed by atoms with Gasteiger partial charge in [-0.2, -0.15) is 5.10 Å². The molecule has 2 aromatic rings. The molecule has 124 valence electrons. The van der Waals surface area contributed by atoms with Crippen LogP contribution in [0.25, 0.3) is 11.3 Å². The zero-order valence-corrected chi connectivity index (χ0v) is 13.9. The van der Waals surface area contributed by atoms with E-state index in [1.807, 2.05) is 12.1 Å². The predicted molar refractivity (Wildman–Crippen MR) is 91.0 cm³/mol. The van der Waals surface area contributed by atoms with Crippen molar-refractivity contribution in [3.63, 3.8) is 0 Å². The molecule has 5 nitrogen and oxygen atoms in total. The first-order valence-electron chi connectivity index (χ1n) is 8.41. The number of methoxy groups -OCH3 is 1. The molecular formula is C18H25N3O2. The van der Waals surface area contributed by atoms with Crippen molar-refractivity contribution in [2.45, 2.75) is 39.2 Å². The molecule has 0 atom stereocenters. The van der Waals surface area contributed by atoms with E-state index in [1.165, 1.54) is 24.1 Å². The first kappa shape index (κ1) is 15.9. The summed E-state index contributed by atoms with van der Waals surface area (Å²) < 4.78 is 11.4. The minimum absolute atomic E-state index is 0.727. The monoisotopic (exact) mass is 315 g/mol. The highest BCUT2D eigenvalue weighted by atomic mass is 16.5. The fourth-order valence-corrected chi connectivity index (χ4v) is 2.93. The Hall–Kier alpha value is -2.01. The summed E-state index contributed by atoms with van der Waals surface area (Å²) in [7, 11) is 1.68. The molecule has 0 aliphatic carbocycles. The summed E-state index contributed by atoms with van der Waals surface area (Å²) in [5.74, 6) is 1.56. The van der Waals surface area contributed by atoms with Gasteiger partial charge in [0.05, 0.1) is 19.4 Å². The molecule has 0 saturated heterocycles. The molecule has 0 bridgehead atoms. The quantitative estimate of drug-likeness (QED) is 0.770. The highest BCUT2D eigenvalue weighted by Gasteiger charge is 2.18. The summed E-state index contributed by atoms with van der Waals surface area (Å²) in [5.41, 5.74) is 4.56. The molecule has 0 amide bonds. The minimum atomic E-state index is 0.727. The second-order valence-electron chi connectivity index (χ2n) is 5.88. The number of fused-ring (bicyclic) bond motifs is 1. The maximum Gasteiger partial charge on any atom is 0.161 e. The molecule has 5 heteroatoms. The van der Waals surface area contributed by atoms with Gasteiger partial charge in [-0.3, -0.25) is 5.10 Å². The second kappa shape index (κ2) is 7.51. The number of aromatic amines is 1. The topological polar surface area (TPSA) is 59.2 Å². The number of nitrogens with zero attached hydrogens (tertiary/aromatic N) is 1. The molecule has 0 fully saturated rings. The Balaban J connectivity index is 1.80. The van der Waals surface area contributed by atoms with Crippen molar-refractivity contribution in [1.82, 2.24) is 15.5 Å². The second-order valence-corrected chi connectivity index (χ2v) is 5.88. The van der Waals surface area contributed by atoms with Gasteiger partial charge in [0.2, 0.25) is 0 Å². The van der Waals surface area contributed by atoms with Crippen molar-refractivity contribution in [2.24, 2.45) is 0 Å². The molecule has 1 aliphatic rings. The van der Waals surface area contributed by atoms with Gasteiger partial charge in [-0.25, -0.2) is 0 Å². The molecule has 23 heavy (non-hydrogen) atoms. The maximum absolute atomic E-state index is 5.85. The van der Waals surface area contributed by atoms with Crippen molar-refractivity contribution in [1.29, 1.82) is 0 Å². The number of ether oxygens (including phenoxy) is 2. The highest BCUT2D eigenvalue weighted by Crippen LogP contribution is 2.34. The van der Waals surface area contributed by atoms with Crippen molar-refractivity contribution < 1.29 is 9.47 Å². The van der Waals surface area contributed by atoms with Crippen LogP contribution < -0.4 is 14.8 Å². The summed E-state index contributed by atoms with van der Waals surface area (Å²) in [6.07, 6.45) is 4.45. The molecule has 1 aromatic carbocycles. The van der Waals surface area contributed by atoms with E-state index in [4.69, 9.17) is 9.47 Å². The highest BCUT2D eigenvalue weighted by molar-refractivity contribution is 5.67. The number of hydrogen-bond donors (Lipinski definition) is 2. The van der Waals surface area contributed by atoms with Gasteiger partial charge in [0.1, 0.15) is 0 Å². The van der Waals surface area contributed by atoms with Crippen LogP contribution in [0.1, 0.15) is 37.4 Å². The Morgan fingerprint density at radius 2 is 2.13 bits per heavy atom. The van der Waals surface area contributed by atoms with Gasteiger partial charge in [0.15, 0.2) is 11.5 Å². The zero-order chi connectivity index (χ0) is 16.1. The fourth-order valence-electron chi connectivity index (χ4n) is 2.93. The lowest BCUT2D eigenvalue weighted by molar-refractivity contribution is 0.286. The average Bonchev–Trinajstić information content (AvgIpc) is 3.03. The molecule has 0 saturated carbocycles. The van der Waals surface area contributed by atoms with Gasteiger partial charge < -0.3 is 14.8 Å². The summed E-state index contributed by atoms with van der Waals surface area (Å²) in [5, 5.41) is 11.1. The van der Waals surface area contributed by atoms with Crippen LogP contribution >= 0.6 is 0 Å². The lowest BCUT2D eigenvalue weighted by Crippen LogP contribution is -2.23. The van der Waals surface area contributed by atoms with E-state index in [0.717, 1.165) is 55.3 Å². The lowest BCUT2D eigenvalue weighted by atomic mass is 10.0. The van der Waals surface area contributed by atoms with Gasteiger partial charge in [0, 0.05) is 36.3 Å². The number of hydrogen-bond acceptors (Lipinski definition) is 4. The van der Waals surface area contributed by atoms with Crippen LogP contribution in [-0.2, 0) is 13.0 Å². The van der Waals surface area contributed by atoms with E-state index in [9.17, 15) is 0 Å². The predicted octanol–water partition coefficient (Wildman–Crippen LogP) is 3.30. The number of benzene rings is 1. The first-order chi connectivity index (χ1) is 11.3. The molecule has 2 heterocycles. The molecule has 3 rings (SSSR count). The van der Waals surface area contributed by atoms with E-state index >= 15 is 0 Å². The SMILES string of the molecule is CCCCCOc1ccc(-c2n[nH]c3c2CNCC3)cc1OC. The van der Waals surface area contributed by atoms with E-state index in [0.29, 0.717) is 0 Å². The van der Waals surface area contributed by atoms with Crippen LogP contribution in [-0.4, -0.2) is 30.5 Å². The Bertz CT molecular complexity index is 652. The third kappa shape index (κ3) is 3.50. The van der Waals surface area contributed by atoms with Crippen molar-refractivity contribution in [2.75, 3.05) is 20.3 Å². The van der Waals surface area contributed by atoms with Gasteiger partial charge in [-0.15, -0.1) is 0 Å². The first-order valence-corrected chi connectivity index (χ1v) is 8.41. The fraction of sp³-hybridized carbons (Fsp3) is 0.500. The number of unbranched alkanes of at least 4 members (excludes halogenated alkanes) is 2. The number of aromatic nitrogens is 2. The molecule has 0 radical (unpaired) electrons. The third-order valence-electron chi connectivity index (χ3n) is 4.25. The van der Waals surface area contributed by atoms with Crippen molar-refractivity contribution >= 4 is 0 Å². The standard InChI is InChI=1S/C18H25N3O2/c1-3-4-5-10-23-16-7-6-13(11-17(16)22-2)18-14-12-19-9-8-15(14)20-21-18/h6-7,11,19H,3-5,8-10,12H2,1-2H3,(H,20,21). The number of nitrogens with one attached hydrogen (secondary N) is 2. The van der Waals surface area contributed by atoms with Crippen molar-refractivity contribution in [3.8, 4) is 22.8 Å². The molecular weight excluding hydrogens is 290 g/mol. The van der Waals surface area contributed by atoms with Gasteiger partial charge >= 0.3 is 0 Å². The smallest absolute Gasteiger partial charge is 0.161 e. The largest absolute Gasteiger partial charge is 0.493 e. The normalized spacial score (nSPS) is 13.7. The summed E-state index contributed by atoms with van der Waals surface area (Å²) >= 11 is 0. The summed E-state index contributed by atoms with van der Waals surface area (Å²) in [4.78, 5) is 0. The van der Waals surface area contributed by atoms with Crippen LogP contribution in [0.2, 0.25) is 0 Å². The molecule has 2 N–H and O–H groups in total. The van der Waals surface area contributed by atoms with E-state index < -0.39 is 0 Å². The van der Waals surface area contributed by atoms with E-state index in [1.54, 1.807) is 7.11 Å². The Morgan fingerprint density at radius 1 is 1.22 bits per heavy atom. The van der Waals surface area contributed by atoms with Crippen LogP contribution in [0.5, 0.6) is 11.5 Å². The van der Waals surface area contributed by atoms with E-state index in [-0.39, 0.29) is 0 Å². The zero-order valence-electron chi connectivity index (χ0n) is 13.9. The van der Waals surface area contributed by atoms with Crippen LogP contribution in [0, 0.1) is 0 Å². The summed E-state index contributed by atoms with van der Waals surface area (Å²) in [6.45, 7) is 4.78. The Morgan fingerprint density at radius 3 is 2.96 bits per heavy atom. The van der Waals surface area contributed by atoms with Gasteiger partial charge in [0.25, 0.3) is 0 Å². The minimum Gasteiger partial charge on any atom is -0.493 e. The van der Waals surface area contributed by atoms with Crippen LogP contribution in [0.3, 0.4) is 0 Å². The lowest BCUT2D eigenvalue weighted by Gasteiger charge is -2.14. The molecule has 1 aromatic heterocycles.